The van der Waals surface area contributed by atoms with E-state index in [4.69, 9.17) is 9.26 Å². The van der Waals surface area contributed by atoms with Gasteiger partial charge in [-0.3, -0.25) is 4.57 Å². The van der Waals surface area contributed by atoms with E-state index >= 15 is 0 Å². The number of hydrogen-bond acceptors (Lipinski definition) is 7. The number of benzene rings is 1. The number of rotatable bonds is 6. The van der Waals surface area contributed by atoms with Gasteiger partial charge < -0.3 is 19.1 Å². The second-order valence-electron chi connectivity index (χ2n) is 8.30. The van der Waals surface area contributed by atoms with Crippen LogP contribution in [0.3, 0.4) is 0 Å². The van der Waals surface area contributed by atoms with Gasteiger partial charge in [-0.2, -0.15) is 0 Å². The van der Waals surface area contributed by atoms with Gasteiger partial charge in [-0.25, -0.2) is 14.8 Å². The van der Waals surface area contributed by atoms with Crippen molar-refractivity contribution in [3.63, 3.8) is 0 Å². The average molecular weight is 524 g/mol. The summed E-state index contributed by atoms with van der Waals surface area (Å²) in [6, 6.07) is 8.48. The Labute approximate surface area is 213 Å². The first-order valence-electron chi connectivity index (χ1n) is 11.1. The molecular weight excluding hydrogens is 505 g/mol. The number of aromatic carboxylic acids is 1. The van der Waals surface area contributed by atoms with Crippen molar-refractivity contribution < 1.29 is 37.1 Å². The standard InChI is InChI=1S/C26H19F3N4O5/c1-13-22(14(2)38-32-13)16-9-18-19(17-7-6-15(25(34)35)10-21(17)37-26(27,28)29)12-33(23(18)31-11-16)20-5-4-8-30-24(20)36-3/h4-12H,1-3H3,(H,34,35). The predicted molar refractivity (Wildman–Crippen MR) is 129 cm³/mol. The van der Waals surface area contributed by atoms with Crippen LogP contribution in [0.4, 0.5) is 13.2 Å². The summed E-state index contributed by atoms with van der Waals surface area (Å²) >= 11 is 0. The lowest BCUT2D eigenvalue weighted by atomic mass is 10.00. The summed E-state index contributed by atoms with van der Waals surface area (Å²) in [5, 5.41) is 13.8. The summed E-state index contributed by atoms with van der Waals surface area (Å²) in [5.41, 5.74) is 2.79. The molecule has 194 valence electrons. The molecule has 4 aromatic heterocycles. The summed E-state index contributed by atoms with van der Waals surface area (Å²) in [6.07, 6.45) is -0.333. The molecule has 0 bridgehead atoms. The number of aromatic nitrogens is 4. The van der Waals surface area contributed by atoms with Crippen molar-refractivity contribution in [1.29, 1.82) is 0 Å². The molecule has 5 aromatic rings. The van der Waals surface area contributed by atoms with Crippen molar-refractivity contribution in [3.8, 4) is 39.6 Å². The summed E-state index contributed by atoms with van der Waals surface area (Å²) in [6.45, 7) is 3.51. The molecule has 4 heterocycles. The fourth-order valence-corrected chi connectivity index (χ4v) is 4.35. The van der Waals surface area contributed by atoms with Crippen LogP contribution in [-0.4, -0.2) is 44.2 Å². The van der Waals surface area contributed by atoms with Crippen LogP contribution >= 0.6 is 0 Å². The highest BCUT2D eigenvalue weighted by Gasteiger charge is 2.33. The molecule has 0 saturated heterocycles. The van der Waals surface area contributed by atoms with Gasteiger partial charge in [0.2, 0.25) is 5.88 Å². The molecule has 0 radical (unpaired) electrons. The number of aryl methyl sites for hydroxylation is 2. The Hall–Kier alpha value is -4.87. The van der Waals surface area contributed by atoms with E-state index in [0.717, 1.165) is 6.07 Å². The lowest BCUT2D eigenvalue weighted by Crippen LogP contribution is -2.18. The molecule has 0 aliphatic carbocycles. The summed E-state index contributed by atoms with van der Waals surface area (Å²) in [5.74, 6) is -1.25. The van der Waals surface area contributed by atoms with Crippen molar-refractivity contribution >= 4 is 17.0 Å². The van der Waals surface area contributed by atoms with E-state index in [9.17, 15) is 23.1 Å². The van der Waals surface area contributed by atoms with E-state index in [2.05, 4.69) is 19.9 Å². The number of hydrogen-bond donors (Lipinski definition) is 1. The Morgan fingerprint density at radius 3 is 2.55 bits per heavy atom. The van der Waals surface area contributed by atoms with Crippen molar-refractivity contribution in [2.24, 2.45) is 0 Å². The first-order chi connectivity index (χ1) is 18.1. The van der Waals surface area contributed by atoms with Crippen molar-refractivity contribution in [3.05, 3.63) is 72.0 Å². The zero-order valence-electron chi connectivity index (χ0n) is 20.2. The minimum atomic E-state index is -5.06. The van der Waals surface area contributed by atoms with Crippen LogP contribution in [0.2, 0.25) is 0 Å². The number of pyridine rings is 2. The average Bonchev–Trinajstić information content (AvgIpc) is 3.41. The molecule has 0 fully saturated rings. The second kappa shape index (κ2) is 9.21. The van der Waals surface area contributed by atoms with Crippen molar-refractivity contribution in [2.45, 2.75) is 20.2 Å². The third-order valence-electron chi connectivity index (χ3n) is 5.91. The molecule has 12 heteroatoms. The maximum absolute atomic E-state index is 13.4. The second-order valence-corrected chi connectivity index (χ2v) is 8.30. The largest absolute Gasteiger partial charge is 0.573 e. The number of carboxylic acids is 1. The molecule has 9 nitrogen and oxygen atoms in total. The number of carbonyl (C=O) groups is 1. The topological polar surface area (TPSA) is 113 Å². The third-order valence-corrected chi connectivity index (χ3v) is 5.91. The van der Waals surface area contributed by atoms with Gasteiger partial charge in [0.25, 0.3) is 0 Å². The van der Waals surface area contributed by atoms with E-state index in [-0.39, 0.29) is 17.0 Å². The lowest BCUT2D eigenvalue weighted by molar-refractivity contribution is -0.274. The first-order valence-corrected chi connectivity index (χ1v) is 11.1. The summed E-state index contributed by atoms with van der Waals surface area (Å²) in [4.78, 5) is 20.3. The van der Waals surface area contributed by atoms with E-state index in [0.29, 0.717) is 44.9 Å². The fourth-order valence-electron chi connectivity index (χ4n) is 4.35. The molecule has 0 amide bonds. The van der Waals surface area contributed by atoms with E-state index < -0.39 is 18.1 Å². The number of ether oxygens (including phenoxy) is 2. The normalized spacial score (nSPS) is 11.6. The minimum absolute atomic E-state index is 0.0108. The van der Waals surface area contributed by atoms with Gasteiger partial charge in [0.1, 0.15) is 22.8 Å². The predicted octanol–water partition coefficient (Wildman–Crippen LogP) is 5.96. The van der Waals surface area contributed by atoms with Gasteiger partial charge in [0, 0.05) is 46.2 Å². The van der Waals surface area contributed by atoms with Gasteiger partial charge in [-0.05, 0) is 50.2 Å². The van der Waals surface area contributed by atoms with Crippen LogP contribution in [0.5, 0.6) is 11.6 Å². The van der Waals surface area contributed by atoms with Crippen LogP contribution < -0.4 is 9.47 Å². The number of nitrogens with zero attached hydrogens (tertiary/aromatic N) is 4. The Morgan fingerprint density at radius 2 is 1.89 bits per heavy atom. The highest BCUT2D eigenvalue weighted by Crippen LogP contribution is 2.41. The lowest BCUT2D eigenvalue weighted by Gasteiger charge is -2.14. The van der Waals surface area contributed by atoms with Crippen LogP contribution in [-0.2, 0) is 0 Å². The van der Waals surface area contributed by atoms with Crippen molar-refractivity contribution in [1.82, 2.24) is 19.7 Å². The molecule has 0 unspecified atom stereocenters. The zero-order chi connectivity index (χ0) is 27.2. The highest BCUT2D eigenvalue weighted by atomic mass is 19.4. The molecule has 0 saturated carbocycles. The van der Waals surface area contributed by atoms with E-state index in [1.165, 1.54) is 25.4 Å². The highest BCUT2D eigenvalue weighted by molar-refractivity contribution is 6.00. The van der Waals surface area contributed by atoms with Crippen LogP contribution in [0.1, 0.15) is 21.8 Å². The van der Waals surface area contributed by atoms with E-state index in [1.807, 2.05) is 0 Å². The fraction of sp³-hybridized carbons (Fsp3) is 0.154. The zero-order valence-corrected chi connectivity index (χ0v) is 20.2. The number of fused-ring (bicyclic) bond motifs is 1. The molecule has 5 rings (SSSR count). The quantitative estimate of drug-likeness (QED) is 0.289. The number of halogens is 3. The summed E-state index contributed by atoms with van der Waals surface area (Å²) < 4.78 is 56.7. The van der Waals surface area contributed by atoms with Crippen LogP contribution in [0, 0.1) is 13.8 Å². The molecule has 1 N–H and O–H groups in total. The Morgan fingerprint density at radius 1 is 1.11 bits per heavy atom. The minimum Gasteiger partial charge on any atom is -0.480 e. The van der Waals surface area contributed by atoms with Gasteiger partial charge >= 0.3 is 12.3 Å². The Kier molecular flexibility index (Phi) is 6.02. The first kappa shape index (κ1) is 24.8. The molecular formula is C26H19F3N4O5. The number of carboxylic acid groups (broad SMARTS) is 1. The molecule has 0 aliphatic heterocycles. The monoisotopic (exact) mass is 524 g/mol. The van der Waals surface area contributed by atoms with Crippen LogP contribution in [0.25, 0.3) is 39.0 Å². The van der Waals surface area contributed by atoms with Gasteiger partial charge in [-0.1, -0.05) is 5.16 Å². The molecule has 0 atom stereocenters. The maximum atomic E-state index is 13.4. The SMILES string of the molecule is COc1ncccc1-n1cc(-c2ccc(C(=O)O)cc2OC(F)(F)F)c2cc(-c3c(C)noc3C)cnc21. The molecule has 38 heavy (non-hydrogen) atoms. The smallest absolute Gasteiger partial charge is 0.480 e. The molecule has 0 spiro atoms. The summed E-state index contributed by atoms with van der Waals surface area (Å²) in [7, 11) is 1.45. The Balaban J connectivity index is 1.83. The van der Waals surface area contributed by atoms with Crippen molar-refractivity contribution in [2.75, 3.05) is 7.11 Å². The number of methoxy groups -OCH3 is 1. The van der Waals surface area contributed by atoms with Gasteiger partial charge in [0.15, 0.2) is 0 Å². The number of alkyl halides is 3. The van der Waals surface area contributed by atoms with E-state index in [1.54, 1.807) is 49.0 Å². The maximum Gasteiger partial charge on any atom is 0.573 e. The van der Waals surface area contributed by atoms with Gasteiger partial charge in [-0.15, -0.1) is 13.2 Å². The third kappa shape index (κ3) is 4.40. The van der Waals surface area contributed by atoms with Gasteiger partial charge in [0.05, 0.1) is 18.4 Å². The molecule has 0 aliphatic rings. The molecule has 1 aromatic carbocycles. The van der Waals surface area contributed by atoms with Crippen LogP contribution in [0.15, 0.2) is 59.5 Å². The Bertz CT molecular complexity index is 1670.